The Morgan fingerprint density at radius 3 is 3.00 bits per heavy atom. The number of carbonyl (C=O) groups is 1. The molecule has 0 saturated carbocycles. The molecule has 134 valence electrons. The molecule has 3 N–H and O–H groups in total. The molecule has 1 aliphatic rings. The SMILES string of the molecule is NS(=O)(=O)C[C@@H]1CCN(C(=O)NCc2nc(-c3ccccn3)no2)C1. The van der Waals surface area contributed by atoms with Crippen LogP contribution >= 0.6 is 0 Å². The number of nitrogens with one attached hydrogen (secondary N) is 1. The van der Waals surface area contributed by atoms with Crippen molar-refractivity contribution in [2.75, 3.05) is 18.8 Å². The Kier molecular flexibility index (Phi) is 4.95. The maximum atomic E-state index is 12.1. The number of aromatic nitrogens is 3. The minimum absolute atomic E-state index is 0.0784. The number of nitrogens with two attached hydrogens (primary N) is 1. The van der Waals surface area contributed by atoms with Gasteiger partial charge >= 0.3 is 6.03 Å². The summed E-state index contributed by atoms with van der Waals surface area (Å²) in [6.45, 7) is 0.912. The summed E-state index contributed by atoms with van der Waals surface area (Å²) in [5.74, 6) is 0.349. The topological polar surface area (TPSA) is 144 Å². The van der Waals surface area contributed by atoms with Crippen molar-refractivity contribution >= 4 is 16.1 Å². The van der Waals surface area contributed by atoms with Crippen LogP contribution in [0.1, 0.15) is 12.3 Å². The number of hydrogen-bond acceptors (Lipinski definition) is 7. The maximum Gasteiger partial charge on any atom is 0.317 e. The van der Waals surface area contributed by atoms with E-state index in [1.165, 1.54) is 0 Å². The van der Waals surface area contributed by atoms with Gasteiger partial charge in [-0.2, -0.15) is 4.98 Å². The predicted octanol–water partition coefficient (Wildman–Crippen LogP) is -0.0484. The van der Waals surface area contributed by atoms with Crippen LogP contribution in [0.2, 0.25) is 0 Å². The van der Waals surface area contributed by atoms with Crippen molar-refractivity contribution in [3.63, 3.8) is 0 Å². The smallest absolute Gasteiger partial charge is 0.317 e. The first kappa shape index (κ1) is 17.3. The summed E-state index contributed by atoms with van der Waals surface area (Å²) < 4.78 is 27.3. The van der Waals surface area contributed by atoms with Crippen LogP contribution in [0.4, 0.5) is 4.79 Å². The summed E-state index contributed by atoms with van der Waals surface area (Å²) in [7, 11) is -3.53. The van der Waals surface area contributed by atoms with E-state index >= 15 is 0 Å². The van der Waals surface area contributed by atoms with Crippen molar-refractivity contribution in [1.29, 1.82) is 0 Å². The molecule has 1 aliphatic heterocycles. The fraction of sp³-hybridized carbons (Fsp3) is 0.429. The monoisotopic (exact) mass is 366 g/mol. The number of primary sulfonamides is 1. The van der Waals surface area contributed by atoms with Crippen LogP contribution in [0.3, 0.4) is 0 Å². The molecule has 0 spiro atoms. The van der Waals surface area contributed by atoms with E-state index in [9.17, 15) is 13.2 Å². The van der Waals surface area contributed by atoms with Gasteiger partial charge in [-0.15, -0.1) is 0 Å². The van der Waals surface area contributed by atoms with Crippen LogP contribution in [0.5, 0.6) is 0 Å². The second kappa shape index (κ2) is 7.15. The van der Waals surface area contributed by atoms with Gasteiger partial charge in [0.2, 0.25) is 21.7 Å². The van der Waals surface area contributed by atoms with Gasteiger partial charge in [0.15, 0.2) is 0 Å². The molecule has 1 fully saturated rings. The summed E-state index contributed by atoms with van der Waals surface area (Å²) in [5, 5.41) is 11.5. The number of nitrogens with zero attached hydrogens (tertiary/aromatic N) is 4. The van der Waals surface area contributed by atoms with E-state index in [-0.39, 0.29) is 30.1 Å². The van der Waals surface area contributed by atoms with Gasteiger partial charge in [-0.25, -0.2) is 18.4 Å². The number of hydrogen-bond donors (Lipinski definition) is 2. The molecule has 0 radical (unpaired) electrons. The summed E-state index contributed by atoms with van der Waals surface area (Å²) >= 11 is 0. The molecule has 10 nitrogen and oxygen atoms in total. The highest BCUT2D eigenvalue weighted by Gasteiger charge is 2.28. The van der Waals surface area contributed by atoms with Gasteiger partial charge in [-0.3, -0.25) is 4.98 Å². The molecule has 25 heavy (non-hydrogen) atoms. The second-order valence-corrected chi connectivity index (χ2v) is 7.47. The second-order valence-electron chi connectivity index (χ2n) is 5.82. The molecule has 3 rings (SSSR count). The van der Waals surface area contributed by atoms with Crippen LogP contribution in [0.25, 0.3) is 11.5 Å². The Balaban J connectivity index is 1.51. The molecule has 0 bridgehead atoms. The van der Waals surface area contributed by atoms with Gasteiger partial charge in [0, 0.05) is 19.3 Å². The first-order valence-corrected chi connectivity index (χ1v) is 9.39. The number of sulfonamides is 1. The predicted molar refractivity (Wildman–Crippen MR) is 87.4 cm³/mol. The molecule has 3 heterocycles. The first-order chi connectivity index (χ1) is 11.9. The van der Waals surface area contributed by atoms with E-state index in [4.69, 9.17) is 9.66 Å². The average molecular weight is 366 g/mol. The molecule has 1 saturated heterocycles. The molecular weight excluding hydrogens is 348 g/mol. The van der Waals surface area contributed by atoms with E-state index in [1.54, 1.807) is 23.2 Å². The fourth-order valence-corrected chi connectivity index (χ4v) is 3.60. The minimum atomic E-state index is -3.53. The lowest BCUT2D eigenvalue weighted by Crippen LogP contribution is -2.38. The number of likely N-dealkylation sites (tertiary alicyclic amines) is 1. The molecule has 2 aromatic heterocycles. The van der Waals surface area contributed by atoms with Gasteiger partial charge in [0.1, 0.15) is 5.69 Å². The van der Waals surface area contributed by atoms with Gasteiger partial charge in [0.05, 0.1) is 12.3 Å². The number of rotatable bonds is 5. The van der Waals surface area contributed by atoms with E-state index in [2.05, 4.69) is 20.4 Å². The van der Waals surface area contributed by atoms with Crippen LogP contribution in [0, 0.1) is 5.92 Å². The lowest BCUT2D eigenvalue weighted by Gasteiger charge is -2.16. The zero-order valence-electron chi connectivity index (χ0n) is 13.3. The molecule has 2 amide bonds. The van der Waals surface area contributed by atoms with Crippen LogP contribution in [0.15, 0.2) is 28.9 Å². The highest BCUT2D eigenvalue weighted by Crippen LogP contribution is 2.17. The van der Waals surface area contributed by atoms with Crippen molar-refractivity contribution in [3.05, 3.63) is 30.3 Å². The van der Waals surface area contributed by atoms with Gasteiger partial charge < -0.3 is 14.7 Å². The Labute approximate surface area is 144 Å². The average Bonchev–Trinajstić information content (AvgIpc) is 3.21. The number of pyridine rings is 1. The van der Waals surface area contributed by atoms with E-state index < -0.39 is 10.0 Å². The van der Waals surface area contributed by atoms with Gasteiger partial charge in [-0.05, 0) is 24.5 Å². The highest BCUT2D eigenvalue weighted by atomic mass is 32.2. The fourth-order valence-electron chi connectivity index (χ4n) is 2.67. The summed E-state index contributed by atoms with van der Waals surface area (Å²) in [6.07, 6.45) is 2.23. The molecule has 0 unspecified atom stereocenters. The van der Waals surface area contributed by atoms with Crippen LogP contribution < -0.4 is 10.5 Å². The Bertz CT molecular complexity index is 838. The van der Waals surface area contributed by atoms with Crippen LogP contribution in [-0.2, 0) is 16.6 Å². The van der Waals surface area contributed by atoms with Crippen molar-refractivity contribution < 1.29 is 17.7 Å². The molecular formula is C14H18N6O4S. The quantitative estimate of drug-likeness (QED) is 0.755. The normalized spacial score (nSPS) is 17.6. The third kappa shape index (κ3) is 4.73. The Morgan fingerprint density at radius 2 is 2.28 bits per heavy atom. The Hall–Kier alpha value is -2.53. The largest absolute Gasteiger partial charge is 0.337 e. The number of carbonyl (C=O) groups excluding carboxylic acids is 1. The van der Waals surface area contributed by atoms with Gasteiger partial charge in [0.25, 0.3) is 0 Å². The van der Waals surface area contributed by atoms with Crippen molar-refractivity contribution in [2.24, 2.45) is 11.1 Å². The molecule has 1 atom stereocenters. The summed E-state index contributed by atoms with van der Waals surface area (Å²) in [6, 6.07) is 5.04. The van der Waals surface area contributed by atoms with E-state index in [1.807, 2.05) is 6.07 Å². The zero-order chi connectivity index (χ0) is 17.9. The van der Waals surface area contributed by atoms with Crippen molar-refractivity contribution in [3.8, 4) is 11.5 Å². The first-order valence-electron chi connectivity index (χ1n) is 7.68. The highest BCUT2D eigenvalue weighted by molar-refractivity contribution is 7.89. The number of urea groups is 1. The minimum Gasteiger partial charge on any atom is -0.337 e. The molecule has 0 aliphatic carbocycles. The summed E-state index contributed by atoms with van der Waals surface area (Å²) in [4.78, 5) is 22.0. The number of amides is 2. The summed E-state index contributed by atoms with van der Waals surface area (Å²) in [5.41, 5.74) is 0.578. The lowest BCUT2D eigenvalue weighted by molar-refractivity contribution is 0.205. The molecule has 2 aromatic rings. The Morgan fingerprint density at radius 1 is 1.44 bits per heavy atom. The lowest BCUT2D eigenvalue weighted by atomic mass is 10.2. The van der Waals surface area contributed by atoms with Gasteiger partial charge in [-0.1, -0.05) is 11.2 Å². The third-order valence-electron chi connectivity index (χ3n) is 3.79. The van der Waals surface area contributed by atoms with E-state index in [0.29, 0.717) is 31.0 Å². The molecule has 11 heteroatoms. The standard InChI is InChI=1S/C14H18N6O4S/c15-25(22,23)9-10-4-6-20(8-10)14(21)17-7-12-18-13(19-24-12)11-3-1-2-5-16-11/h1-3,5,10H,4,6-9H2,(H,17,21)(H2,15,22,23)/t10-/m1/s1. The van der Waals surface area contributed by atoms with Crippen molar-refractivity contribution in [2.45, 2.75) is 13.0 Å². The van der Waals surface area contributed by atoms with E-state index in [0.717, 1.165) is 0 Å². The molecule has 0 aromatic carbocycles. The maximum absolute atomic E-state index is 12.1. The zero-order valence-corrected chi connectivity index (χ0v) is 14.1. The van der Waals surface area contributed by atoms with Crippen molar-refractivity contribution in [1.82, 2.24) is 25.3 Å². The van der Waals surface area contributed by atoms with Crippen LogP contribution in [-0.4, -0.2) is 53.3 Å². The third-order valence-corrected chi connectivity index (χ3v) is 4.73.